The number of hydrogen-bond acceptors (Lipinski definition) is 8. The van der Waals surface area contributed by atoms with Crippen LogP contribution in [-0.4, -0.2) is 55.2 Å². The molecule has 30 heavy (non-hydrogen) atoms. The first-order valence-electron chi connectivity index (χ1n) is 9.30. The Hall–Kier alpha value is -2.31. The van der Waals surface area contributed by atoms with Crippen molar-refractivity contribution in [2.75, 3.05) is 19.5 Å². The lowest BCUT2D eigenvalue weighted by atomic mass is 10.00. The predicted molar refractivity (Wildman–Crippen MR) is 104 cm³/mol. The van der Waals surface area contributed by atoms with Gasteiger partial charge in [0.25, 0.3) is 15.7 Å². The number of ether oxygens (including phenoxy) is 3. The summed E-state index contributed by atoms with van der Waals surface area (Å²) in [4.78, 5) is 26.3. The van der Waals surface area contributed by atoms with E-state index in [0.717, 1.165) is 11.8 Å². The standard InChI is InChI=1S/C19H22N2O8S/c1-12-8-21(18(23)20-16(12)22)17-14-15(26-9-13-6-4-3-5-7-13)19(29-17,10-27-14)11-28-30(2,24)25/h3-8,14-15,17H,9-11H2,1-2H3,(H,20,22,23)/t14-,15-,17+,19-/m0/s1. The molecule has 2 aliphatic rings. The summed E-state index contributed by atoms with van der Waals surface area (Å²) in [5, 5.41) is 0. The molecule has 2 bridgehead atoms. The van der Waals surface area contributed by atoms with E-state index in [4.69, 9.17) is 18.4 Å². The van der Waals surface area contributed by atoms with Crippen LogP contribution in [0.1, 0.15) is 17.4 Å². The van der Waals surface area contributed by atoms with E-state index in [1.807, 2.05) is 30.3 Å². The van der Waals surface area contributed by atoms with E-state index in [1.165, 1.54) is 10.8 Å². The topological polar surface area (TPSA) is 126 Å². The first kappa shape index (κ1) is 20.9. The normalized spacial score (nSPS) is 28.1. The lowest BCUT2D eigenvalue weighted by Crippen LogP contribution is -2.47. The molecule has 0 amide bonds. The van der Waals surface area contributed by atoms with Gasteiger partial charge in [-0.25, -0.2) is 4.79 Å². The highest BCUT2D eigenvalue weighted by molar-refractivity contribution is 7.85. The van der Waals surface area contributed by atoms with Crippen LogP contribution in [0, 0.1) is 6.92 Å². The molecular weight excluding hydrogens is 416 g/mol. The highest BCUT2D eigenvalue weighted by Gasteiger charge is 2.63. The Morgan fingerprint density at radius 2 is 2.00 bits per heavy atom. The van der Waals surface area contributed by atoms with Gasteiger partial charge in [0.15, 0.2) is 6.23 Å². The van der Waals surface area contributed by atoms with Crippen LogP contribution in [0.25, 0.3) is 0 Å². The predicted octanol–water partition coefficient (Wildman–Crippen LogP) is 0.0730. The Labute approximate surface area is 172 Å². The summed E-state index contributed by atoms with van der Waals surface area (Å²) in [6.45, 7) is 1.52. The number of hydrogen-bond donors (Lipinski definition) is 1. The van der Waals surface area contributed by atoms with E-state index >= 15 is 0 Å². The second kappa shape index (κ2) is 7.75. The van der Waals surface area contributed by atoms with Crippen LogP contribution in [0.5, 0.6) is 0 Å². The van der Waals surface area contributed by atoms with E-state index in [-0.39, 0.29) is 19.8 Å². The van der Waals surface area contributed by atoms with Gasteiger partial charge in [-0.2, -0.15) is 8.42 Å². The highest BCUT2D eigenvalue weighted by atomic mass is 32.2. The number of aryl methyl sites for hydroxylation is 1. The quantitative estimate of drug-likeness (QED) is 0.602. The van der Waals surface area contributed by atoms with Crippen molar-refractivity contribution < 1.29 is 26.8 Å². The van der Waals surface area contributed by atoms with Crippen LogP contribution < -0.4 is 11.2 Å². The van der Waals surface area contributed by atoms with E-state index in [2.05, 4.69) is 4.98 Å². The average molecular weight is 438 g/mol. The molecule has 0 radical (unpaired) electrons. The van der Waals surface area contributed by atoms with Gasteiger partial charge in [0, 0.05) is 11.8 Å². The molecule has 2 saturated heterocycles. The first-order valence-corrected chi connectivity index (χ1v) is 11.1. The van der Waals surface area contributed by atoms with E-state index < -0.39 is 45.4 Å². The molecule has 0 spiro atoms. The number of fused-ring (bicyclic) bond motifs is 2. The molecule has 3 heterocycles. The second-order valence-corrected chi connectivity index (χ2v) is 9.15. The Kier molecular flexibility index (Phi) is 5.41. The van der Waals surface area contributed by atoms with Crippen molar-refractivity contribution in [2.24, 2.45) is 0 Å². The molecule has 1 aromatic carbocycles. The summed E-state index contributed by atoms with van der Waals surface area (Å²) in [7, 11) is -3.74. The number of aromatic nitrogens is 2. The summed E-state index contributed by atoms with van der Waals surface area (Å²) >= 11 is 0. The molecule has 10 nitrogen and oxygen atoms in total. The van der Waals surface area contributed by atoms with Crippen LogP contribution in [0.3, 0.4) is 0 Å². The zero-order valence-corrected chi connectivity index (χ0v) is 17.3. The fraction of sp³-hybridized carbons (Fsp3) is 0.474. The molecule has 162 valence electrons. The lowest BCUT2D eigenvalue weighted by molar-refractivity contribution is -0.185. The van der Waals surface area contributed by atoms with Crippen molar-refractivity contribution in [2.45, 2.75) is 37.6 Å². The summed E-state index contributed by atoms with van der Waals surface area (Å²) in [6.07, 6.45) is 0.0306. The summed E-state index contributed by atoms with van der Waals surface area (Å²) in [5.74, 6) is 0. The highest BCUT2D eigenvalue weighted by Crippen LogP contribution is 2.46. The molecule has 1 N–H and O–H groups in total. The third kappa shape index (κ3) is 3.98. The van der Waals surface area contributed by atoms with Gasteiger partial charge in [0.05, 0.1) is 19.5 Å². The summed E-state index contributed by atoms with van der Waals surface area (Å²) < 4.78 is 47.4. The minimum absolute atomic E-state index is 0.0419. The number of benzene rings is 1. The molecule has 1 aromatic heterocycles. The molecule has 2 aliphatic heterocycles. The second-order valence-electron chi connectivity index (χ2n) is 7.51. The van der Waals surface area contributed by atoms with Crippen molar-refractivity contribution in [3.63, 3.8) is 0 Å². The van der Waals surface area contributed by atoms with Gasteiger partial charge >= 0.3 is 5.69 Å². The van der Waals surface area contributed by atoms with Crippen LogP contribution in [0.4, 0.5) is 0 Å². The van der Waals surface area contributed by atoms with E-state index in [0.29, 0.717) is 5.56 Å². The van der Waals surface area contributed by atoms with Crippen LogP contribution in [0.15, 0.2) is 46.1 Å². The van der Waals surface area contributed by atoms with Crippen molar-refractivity contribution in [3.05, 3.63) is 68.5 Å². The molecule has 2 aromatic rings. The molecule has 0 aliphatic carbocycles. The smallest absolute Gasteiger partial charge is 0.330 e. The fourth-order valence-electron chi connectivity index (χ4n) is 3.71. The Bertz CT molecular complexity index is 1140. The Morgan fingerprint density at radius 1 is 1.27 bits per heavy atom. The average Bonchev–Trinajstić information content (AvgIpc) is 3.20. The van der Waals surface area contributed by atoms with Crippen LogP contribution in [-0.2, 0) is 35.1 Å². The maximum Gasteiger partial charge on any atom is 0.330 e. The lowest BCUT2D eigenvalue weighted by Gasteiger charge is -2.31. The van der Waals surface area contributed by atoms with Gasteiger partial charge in [0.2, 0.25) is 0 Å². The summed E-state index contributed by atoms with van der Waals surface area (Å²) in [6, 6.07) is 9.43. The molecule has 11 heteroatoms. The minimum atomic E-state index is -3.74. The Balaban J connectivity index is 1.65. The van der Waals surface area contributed by atoms with Gasteiger partial charge < -0.3 is 14.2 Å². The fourth-order valence-corrected chi connectivity index (χ4v) is 4.12. The number of H-pyrrole nitrogens is 1. The van der Waals surface area contributed by atoms with Gasteiger partial charge in [-0.1, -0.05) is 30.3 Å². The molecule has 4 rings (SSSR count). The number of rotatable bonds is 7. The molecule has 2 fully saturated rings. The third-order valence-electron chi connectivity index (χ3n) is 5.18. The van der Waals surface area contributed by atoms with Crippen molar-refractivity contribution >= 4 is 10.1 Å². The van der Waals surface area contributed by atoms with E-state index in [1.54, 1.807) is 6.92 Å². The van der Waals surface area contributed by atoms with E-state index in [9.17, 15) is 18.0 Å². The van der Waals surface area contributed by atoms with Crippen LogP contribution in [0.2, 0.25) is 0 Å². The maximum atomic E-state index is 12.4. The molecule has 4 atom stereocenters. The van der Waals surface area contributed by atoms with Gasteiger partial charge in [-0.05, 0) is 12.5 Å². The van der Waals surface area contributed by atoms with Gasteiger partial charge in [0.1, 0.15) is 24.4 Å². The minimum Gasteiger partial charge on any atom is -0.367 e. The third-order valence-corrected chi connectivity index (χ3v) is 5.73. The Morgan fingerprint density at radius 3 is 2.70 bits per heavy atom. The summed E-state index contributed by atoms with van der Waals surface area (Å²) in [5.41, 5.74) is -1.14. The van der Waals surface area contributed by atoms with Gasteiger partial charge in [-0.3, -0.25) is 18.5 Å². The zero-order valence-electron chi connectivity index (χ0n) is 16.4. The first-order chi connectivity index (χ1) is 14.2. The van der Waals surface area contributed by atoms with Crippen molar-refractivity contribution in [1.82, 2.24) is 9.55 Å². The molecule has 0 saturated carbocycles. The van der Waals surface area contributed by atoms with Crippen LogP contribution >= 0.6 is 0 Å². The number of nitrogens with zero attached hydrogens (tertiary/aromatic N) is 1. The molecule has 0 unspecified atom stereocenters. The maximum absolute atomic E-state index is 12.4. The van der Waals surface area contributed by atoms with Crippen molar-refractivity contribution in [3.8, 4) is 0 Å². The number of aromatic amines is 1. The van der Waals surface area contributed by atoms with Gasteiger partial charge in [-0.15, -0.1) is 0 Å². The zero-order chi connectivity index (χ0) is 21.5. The SMILES string of the molecule is Cc1cn([C@@H]2O[C@]3(COS(C)(=O)=O)CO[C@H]2[C@@H]3OCc2ccccc2)c(=O)[nH]c1=O. The monoisotopic (exact) mass is 438 g/mol. The van der Waals surface area contributed by atoms with Crippen molar-refractivity contribution in [1.29, 1.82) is 0 Å². The largest absolute Gasteiger partial charge is 0.367 e. The number of nitrogens with one attached hydrogen (secondary N) is 1. The molecular formula is C19H22N2O8S.